The molecule has 1 fully saturated rings. The van der Waals surface area contributed by atoms with E-state index >= 15 is 0 Å². The van der Waals surface area contributed by atoms with Gasteiger partial charge in [-0.2, -0.15) is 0 Å². The Labute approximate surface area is 122 Å². The van der Waals surface area contributed by atoms with Crippen LogP contribution in [0, 0.1) is 6.92 Å². The summed E-state index contributed by atoms with van der Waals surface area (Å²) in [5.41, 5.74) is 0.862. The van der Waals surface area contributed by atoms with Crippen LogP contribution in [-0.2, 0) is 14.3 Å². The molecule has 2 rings (SSSR count). The summed E-state index contributed by atoms with van der Waals surface area (Å²) in [5.74, 6) is -0.321. The molecular weight excluding hydrogens is 282 g/mol. The van der Waals surface area contributed by atoms with Crippen LogP contribution < -0.4 is 10.1 Å². The van der Waals surface area contributed by atoms with E-state index in [1.165, 1.54) is 0 Å². The SMILES string of the molecule is Cc1cc(OCC(=O)OCC(=O)NC2CC2)ccc1Cl. The maximum atomic E-state index is 11.4. The Morgan fingerprint density at radius 1 is 1.35 bits per heavy atom. The third-order valence-electron chi connectivity index (χ3n) is 2.79. The van der Waals surface area contributed by atoms with Crippen molar-refractivity contribution in [2.75, 3.05) is 13.2 Å². The first kappa shape index (κ1) is 14.7. The van der Waals surface area contributed by atoms with Gasteiger partial charge >= 0.3 is 5.97 Å². The van der Waals surface area contributed by atoms with Crippen LogP contribution in [0.1, 0.15) is 18.4 Å². The Balaban J connectivity index is 1.68. The number of esters is 1. The molecule has 0 unspecified atom stereocenters. The van der Waals surface area contributed by atoms with Crippen LogP contribution in [0.4, 0.5) is 0 Å². The predicted octanol–water partition coefficient (Wildman–Crippen LogP) is 1.85. The summed E-state index contributed by atoms with van der Waals surface area (Å²) < 4.78 is 10.1. The van der Waals surface area contributed by atoms with E-state index in [-0.39, 0.29) is 25.2 Å². The van der Waals surface area contributed by atoms with Gasteiger partial charge in [-0.3, -0.25) is 4.79 Å². The first-order valence-corrected chi connectivity index (χ1v) is 6.76. The van der Waals surface area contributed by atoms with E-state index in [2.05, 4.69) is 5.32 Å². The molecule has 1 saturated carbocycles. The maximum absolute atomic E-state index is 11.4. The summed E-state index contributed by atoms with van der Waals surface area (Å²) in [6.07, 6.45) is 2.00. The van der Waals surface area contributed by atoms with Crippen LogP contribution in [0.3, 0.4) is 0 Å². The molecule has 1 aromatic rings. The number of ether oxygens (including phenoxy) is 2. The lowest BCUT2D eigenvalue weighted by atomic mass is 10.2. The fraction of sp³-hybridized carbons (Fsp3) is 0.429. The molecule has 5 nitrogen and oxygen atoms in total. The number of halogens is 1. The molecule has 0 heterocycles. The molecule has 108 valence electrons. The molecule has 0 spiro atoms. The zero-order valence-corrected chi connectivity index (χ0v) is 11.9. The zero-order chi connectivity index (χ0) is 14.5. The minimum Gasteiger partial charge on any atom is -0.482 e. The van der Waals surface area contributed by atoms with Crippen molar-refractivity contribution in [1.82, 2.24) is 5.32 Å². The van der Waals surface area contributed by atoms with Gasteiger partial charge in [0.2, 0.25) is 0 Å². The Morgan fingerprint density at radius 2 is 2.10 bits per heavy atom. The third kappa shape index (κ3) is 4.74. The zero-order valence-electron chi connectivity index (χ0n) is 11.1. The average molecular weight is 298 g/mol. The first-order chi connectivity index (χ1) is 9.54. The normalized spacial score (nSPS) is 13.7. The number of carbonyl (C=O) groups is 2. The van der Waals surface area contributed by atoms with Gasteiger partial charge < -0.3 is 14.8 Å². The number of rotatable bonds is 6. The van der Waals surface area contributed by atoms with Crippen molar-refractivity contribution in [3.05, 3.63) is 28.8 Å². The second kappa shape index (κ2) is 6.61. The standard InChI is InChI=1S/C14H16ClNO4/c1-9-6-11(4-5-12(9)15)19-8-14(18)20-7-13(17)16-10-2-3-10/h4-6,10H,2-3,7-8H2,1H3,(H,16,17). The van der Waals surface area contributed by atoms with Crippen molar-refractivity contribution in [3.63, 3.8) is 0 Å². The van der Waals surface area contributed by atoms with Crippen LogP contribution in [-0.4, -0.2) is 31.1 Å². The van der Waals surface area contributed by atoms with Crippen LogP contribution in [0.5, 0.6) is 5.75 Å². The molecule has 0 atom stereocenters. The van der Waals surface area contributed by atoms with Crippen LogP contribution >= 0.6 is 11.6 Å². The molecular formula is C14H16ClNO4. The molecule has 1 aliphatic carbocycles. The minimum absolute atomic E-state index is 0.238. The summed E-state index contributed by atoms with van der Waals surface area (Å²) in [6, 6.07) is 5.35. The van der Waals surface area contributed by atoms with Gasteiger partial charge in [-0.1, -0.05) is 11.6 Å². The number of nitrogens with one attached hydrogen (secondary N) is 1. The van der Waals surface area contributed by atoms with Gasteiger partial charge in [0.1, 0.15) is 5.75 Å². The van der Waals surface area contributed by atoms with Gasteiger partial charge in [0, 0.05) is 11.1 Å². The van der Waals surface area contributed by atoms with E-state index in [1.807, 2.05) is 6.92 Å². The molecule has 1 aliphatic rings. The van der Waals surface area contributed by atoms with Gasteiger partial charge in [-0.25, -0.2) is 4.79 Å². The summed E-state index contributed by atoms with van der Waals surface area (Å²) in [7, 11) is 0. The number of amides is 1. The third-order valence-corrected chi connectivity index (χ3v) is 3.22. The average Bonchev–Trinajstić information content (AvgIpc) is 3.21. The van der Waals surface area contributed by atoms with E-state index in [0.717, 1.165) is 18.4 Å². The second-order valence-electron chi connectivity index (χ2n) is 4.70. The number of hydrogen-bond acceptors (Lipinski definition) is 4. The maximum Gasteiger partial charge on any atom is 0.344 e. The summed E-state index contributed by atoms with van der Waals surface area (Å²) >= 11 is 5.88. The lowest BCUT2D eigenvalue weighted by molar-refractivity contribution is -0.150. The Hall–Kier alpha value is -1.75. The summed E-state index contributed by atoms with van der Waals surface area (Å²) in [5, 5.41) is 3.36. The van der Waals surface area contributed by atoms with Crippen molar-refractivity contribution in [1.29, 1.82) is 0 Å². The van der Waals surface area contributed by atoms with Gasteiger partial charge in [0.25, 0.3) is 5.91 Å². The van der Waals surface area contributed by atoms with E-state index < -0.39 is 5.97 Å². The molecule has 1 N–H and O–H groups in total. The highest BCUT2D eigenvalue weighted by Crippen LogP contribution is 2.21. The van der Waals surface area contributed by atoms with Crippen molar-refractivity contribution in [3.8, 4) is 5.75 Å². The molecule has 20 heavy (non-hydrogen) atoms. The van der Waals surface area contributed by atoms with E-state index in [9.17, 15) is 9.59 Å². The first-order valence-electron chi connectivity index (χ1n) is 6.38. The number of aryl methyl sites for hydroxylation is 1. The van der Waals surface area contributed by atoms with Crippen LogP contribution in [0.25, 0.3) is 0 Å². The molecule has 1 aromatic carbocycles. The van der Waals surface area contributed by atoms with Crippen molar-refractivity contribution >= 4 is 23.5 Å². The van der Waals surface area contributed by atoms with Gasteiger partial charge in [-0.05, 0) is 43.5 Å². The highest BCUT2D eigenvalue weighted by Gasteiger charge is 2.23. The molecule has 0 bridgehead atoms. The summed E-state index contributed by atoms with van der Waals surface area (Å²) in [6.45, 7) is 1.34. The van der Waals surface area contributed by atoms with E-state index in [0.29, 0.717) is 10.8 Å². The van der Waals surface area contributed by atoms with E-state index in [1.54, 1.807) is 18.2 Å². The number of carbonyl (C=O) groups excluding carboxylic acids is 2. The monoisotopic (exact) mass is 297 g/mol. The van der Waals surface area contributed by atoms with Gasteiger partial charge in [0.05, 0.1) is 0 Å². The predicted molar refractivity (Wildman–Crippen MR) is 73.8 cm³/mol. The quantitative estimate of drug-likeness (QED) is 0.814. The Bertz CT molecular complexity index is 514. The number of hydrogen-bond donors (Lipinski definition) is 1. The highest BCUT2D eigenvalue weighted by molar-refractivity contribution is 6.31. The minimum atomic E-state index is -0.580. The second-order valence-corrected chi connectivity index (χ2v) is 5.11. The van der Waals surface area contributed by atoms with Crippen LogP contribution in [0.15, 0.2) is 18.2 Å². The molecule has 1 amide bonds. The Kier molecular flexibility index (Phi) is 4.84. The molecule has 0 aliphatic heterocycles. The molecule has 0 saturated heterocycles. The largest absolute Gasteiger partial charge is 0.482 e. The molecule has 6 heteroatoms. The van der Waals surface area contributed by atoms with Gasteiger partial charge in [0.15, 0.2) is 13.2 Å². The van der Waals surface area contributed by atoms with E-state index in [4.69, 9.17) is 21.1 Å². The molecule has 0 aromatic heterocycles. The van der Waals surface area contributed by atoms with Crippen molar-refractivity contribution in [2.24, 2.45) is 0 Å². The highest BCUT2D eigenvalue weighted by atomic mass is 35.5. The van der Waals surface area contributed by atoms with Crippen molar-refractivity contribution in [2.45, 2.75) is 25.8 Å². The Morgan fingerprint density at radius 3 is 2.75 bits per heavy atom. The van der Waals surface area contributed by atoms with Crippen LogP contribution in [0.2, 0.25) is 5.02 Å². The van der Waals surface area contributed by atoms with Gasteiger partial charge in [-0.15, -0.1) is 0 Å². The smallest absolute Gasteiger partial charge is 0.344 e. The molecule has 0 radical (unpaired) electrons. The summed E-state index contributed by atoms with van der Waals surface area (Å²) in [4.78, 5) is 22.7. The fourth-order valence-corrected chi connectivity index (χ4v) is 1.65. The fourth-order valence-electron chi connectivity index (χ4n) is 1.53. The topological polar surface area (TPSA) is 64.6 Å². The number of benzene rings is 1. The van der Waals surface area contributed by atoms with Crippen molar-refractivity contribution < 1.29 is 19.1 Å². The lowest BCUT2D eigenvalue weighted by Gasteiger charge is -2.08. The lowest BCUT2D eigenvalue weighted by Crippen LogP contribution is -2.31.